The van der Waals surface area contributed by atoms with Gasteiger partial charge in [0.15, 0.2) is 5.16 Å². The summed E-state index contributed by atoms with van der Waals surface area (Å²) in [6.07, 6.45) is 6.27. The first-order valence-electron chi connectivity index (χ1n) is 8.66. The number of anilines is 2. The molecule has 0 radical (unpaired) electrons. The Bertz CT molecular complexity index is 935. The Kier molecular flexibility index (Phi) is 4.02. The molecule has 0 bridgehead atoms. The van der Waals surface area contributed by atoms with Crippen LogP contribution in [0.4, 0.5) is 11.4 Å². The zero-order valence-electron chi connectivity index (χ0n) is 14.0. The molecule has 2 aliphatic rings. The number of carbonyl (C=O) groups excluding carboxylic acids is 1. The van der Waals surface area contributed by atoms with Gasteiger partial charge in [0.1, 0.15) is 0 Å². The lowest BCUT2D eigenvalue weighted by molar-refractivity contribution is -0.115. The van der Waals surface area contributed by atoms with Crippen molar-refractivity contribution >= 4 is 40.8 Å². The minimum absolute atomic E-state index is 0.0838. The highest BCUT2D eigenvalue weighted by atomic mass is 32.2. The number of amides is 1. The van der Waals surface area contributed by atoms with Gasteiger partial charge in [0.2, 0.25) is 5.91 Å². The van der Waals surface area contributed by atoms with E-state index in [4.69, 9.17) is 0 Å². The van der Waals surface area contributed by atoms with Crippen LogP contribution in [0.15, 0.2) is 75.9 Å². The number of fused-ring (bicyclic) bond motifs is 2. The molecule has 0 unspecified atom stereocenters. The lowest BCUT2D eigenvalue weighted by atomic mass is 10.2. The molecule has 2 aromatic carbocycles. The van der Waals surface area contributed by atoms with Crippen LogP contribution in [-0.4, -0.2) is 21.2 Å². The quantitative estimate of drug-likeness (QED) is 0.588. The van der Waals surface area contributed by atoms with Gasteiger partial charge in [0.05, 0.1) is 17.1 Å². The van der Waals surface area contributed by atoms with Crippen molar-refractivity contribution in [2.45, 2.75) is 33.8 Å². The molecule has 1 aromatic heterocycles. The average molecular weight is 380 g/mol. The first-order chi connectivity index (χ1) is 12.8. The van der Waals surface area contributed by atoms with Crippen LogP contribution in [0.5, 0.6) is 0 Å². The van der Waals surface area contributed by atoms with Gasteiger partial charge in [0, 0.05) is 28.2 Å². The highest BCUT2D eigenvalue weighted by Gasteiger charge is 2.29. The third-order valence-electron chi connectivity index (χ3n) is 4.58. The summed E-state index contributed by atoms with van der Waals surface area (Å²) in [5.74, 6) is 0.456. The molecule has 0 saturated heterocycles. The molecule has 0 atom stereocenters. The Labute approximate surface area is 160 Å². The van der Waals surface area contributed by atoms with E-state index < -0.39 is 0 Å². The van der Waals surface area contributed by atoms with Crippen LogP contribution >= 0.6 is 23.5 Å². The summed E-state index contributed by atoms with van der Waals surface area (Å²) in [5.41, 5.74) is 1.93. The van der Waals surface area contributed by atoms with Gasteiger partial charge in [-0.3, -0.25) is 9.69 Å². The lowest BCUT2D eigenvalue weighted by Gasteiger charge is -2.30. The Hall–Kier alpha value is -2.18. The zero-order valence-corrected chi connectivity index (χ0v) is 15.7. The van der Waals surface area contributed by atoms with Crippen LogP contribution in [0, 0.1) is 0 Å². The summed E-state index contributed by atoms with van der Waals surface area (Å²) < 4.78 is 2.20. The SMILES string of the molecule is O=C(CSc1nccn1C1CC1)N1c2ccccc2Sc2ccccc21. The summed E-state index contributed by atoms with van der Waals surface area (Å²) in [7, 11) is 0. The van der Waals surface area contributed by atoms with Crippen molar-refractivity contribution < 1.29 is 4.79 Å². The number of para-hydroxylation sites is 2. The summed E-state index contributed by atoms with van der Waals surface area (Å²) in [6.45, 7) is 0. The molecule has 1 saturated carbocycles. The van der Waals surface area contributed by atoms with E-state index in [1.807, 2.05) is 53.7 Å². The van der Waals surface area contributed by atoms with Gasteiger partial charge in [-0.05, 0) is 37.1 Å². The van der Waals surface area contributed by atoms with Crippen LogP contribution in [0.25, 0.3) is 0 Å². The van der Waals surface area contributed by atoms with Crippen LogP contribution in [0.2, 0.25) is 0 Å². The van der Waals surface area contributed by atoms with Crippen LogP contribution in [-0.2, 0) is 4.79 Å². The van der Waals surface area contributed by atoms with E-state index >= 15 is 0 Å². The molecule has 6 heteroatoms. The fourth-order valence-electron chi connectivity index (χ4n) is 3.21. The van der Waals surface area contributed by atoms with E-state index in [0.29, 0.717) is 11.8 Å². The second-order valence-corrected chi connectivity index (χ2v) is 8.43. The molecule has 1 aliphatic heterocycles. The second kappa shape index (κ2) is 6.52. The molecular weight excluding hydrogens is 362 g/mol. The molecule has 26 heavy (non-hydrogen) atoms. The number of thioether (sulfide) groups is 1. The third kappa shape index (κ3) is 2.83. The van der Waals surface area contributed by atoms with Crippen molar-refractivity contribution in [1.82, 2.24) is 9.55 Å². The number of rotatable bonds is 4. The second-order valence-electron chi connectivity index (χ2n) is 6.40. The van der Waals surface area contributed by atoms with Gasteiger partial charge in [-0.1, -0.05) is 47.8 Å². The lowest BCUT2D eigenvalue weighted by Crippen LogP contribution is -2.30. The van der Waals surface area contributed by atoms with Crippen molar-refractivity contribution in [3.63, 3.8) is 0 Å². The molecule has 0 N–H and O–H groups in total. The van der Waals surface area contributed by atoms with Gasteiger partial charge in [0.25, 0.3) is 0 Å². The van der Waals surface area contributed by atoms with Gasteiger partial charge < -0.3 is 4.57 Å². The molecule has 3 aromatic rings. The largest absolute Gasteiger partial charge is 0.323 e. The number of carbonyl (C=O) groups is 1. The van der Waals surface area contributed by atoms with Crippen LogP contribution in [0.1, 0.15) is 18.9 Å². The molecule has 1 amide bonds. The standard InChI is InChI=1S/C20H17N3OS2/c24-19(13-25-20-21-11-12-22(20)14-9-10-14)23-15-5-1-3-7-17(15)26-18-8-4-2-6-16(18)23/h1-8,11-12,14H,9-10,13H2. The smallest absolute Gasteiger partial charge is 0.242 e. The topological polar surface area (TPSA) is 38.1 Å². The molecule has 0 spiro atoms. The Morgan fingerprint density at radius 2 is 1.73 bits per heavy atom. The predicted octanol–water partition coefficient (Wildman–Crippen LogP) is 5.14. The van der Waals surface area contributed by atoms with Crippen molar-refractivity contribution in [3.05, 3.63) is 60.9 Å². The third-order valence-corrected chi connectivity index (χ3v) is 6.68. The van der Waals surface area contributed by atoms with Crippen LogP contribution in [0.3, 0.4) is 0 Å². The average Bonchev–Trinajstić information content (AvgIpc) is 3.42. The molecule has 1 fully saturated rings. The number of benzene rings is 2. The minimum atomic E-state index is 0.0838. The number of hydrogen-bond acceptors (Lipinski definition) is 4. The molecule has 5 rings (SSSR count). The van der Waals surface area contributed by atoms with Gasteiger partial charge in [-0.2, -0.15) is 0 Å². The van der Waals surface area contributed by atoms with Gasteiger partial charge in [-0.15, -0.1) is 0 Å². The monoisotopic (exact) mass is 379 g/mol. The summed E-state index contributed by atoms with van der Waals surface area (Å²) in [6, 6.07) is 16.8. The molecule has 130 valence electrons. The van der Waals surface area contributed by atoms with Crippen molar-refractivity contribution in [2.24, 2.45) is 0 Å². The first kappa shape index (κ1) is 16.0. The maximum atomic E-state index is 13.2. The highest BCUT2D eigenvalue weighted by Crippen LogP contribution is 2.48. The van der Waals surface area contributed by atoms with Gasteiger partial charge in [-0.25, -0.2) is 4.98 Å². The number of hydrogen-bond donors (Lipinski definition) is 0. The first-order valence-corrected chi connectivity index (χ1v) is 10.5. The van der Waals surface area contributed by atoms with E-state index in [1.165, 1.54) is 24.6 Å². The van der Waals surface area contributed by atoms with Crippen LogP contribution < -0.4 is 4.90 Å². The fourth-order valence-corrected chi connectivity index (χ4v) is 5.14. The fraction of sp³-hybridized carbons (Fsp3) is 0.200. The zero-order chi connectivity index (χ0) is 17.5. The summed E-state index contributed by atoms with van der Waals surface area (Å²) >= 11 is 3.24. The van der Waals surface area contributed by atoms with Gasteiger partial charge >= 0.3 is 0 Å². The molecule has 2 heterocycles. The van der Waals surface area contributed by atoms with Crippen molar-refractivity contribution in [1.29, 1.82) is 0 Å². The normalized spacial score (nSPS) is 15.5. The number of nitrogens with zero attached hydrogens (tertiary/aromatic N) is 3. The predicted molar refractivity (Wildman–Crippen MR) is 105 cm³/mol. The summed E-state index contributed by atoms with van der Waals surface area (Å²) in [4.78, 5) is 21.7. The van der Waals surface area contributed by atoms with E-state index in [9.17, 15) is 4.79 Å². The Morgan fingerprint density at radius 1 is 1.08 bits per heavy atom. The van der Waals surface area contributed by atoms with E-state index in [2.05, 4.69) is 21.7 Å². The highest BCUT2D eigenvalue weighted by molar-refractivity contribution is 8.00. The number of aromatic nitrogens is 2. The van der Waals surface area contributed by atoms with Crippen molar-refractivity contribution in [3.8, 4) is 0 Å². The maximum Gasteiger partial charge on any atom is 0.242 e. The van der Waals surface area contributed by atoms with E-state index in [0.717, 1.165) is 26.3 Å². The summed E-state index contributed by atoms with van der Waals surface area (Å²) in [5, 5.41) is 0.939. The Morgan fingerprint density at radius 3 is 2.38 bits per heavy atom. The maximum absolute atomic E-state index is 13.2. The van der Waals surface area contributed by atoms with E-state index in [1.54, 1.807) is 11.8 Å². The Balaban J connectivity index is 1.43. The molecule has 4 nitrogen and oxygen atoms in total. The minimum Gasteiger partial charge on any atom is -0.323 e. The van der Waals surface area contributed by atoms with Crippen molar-refractivity contribution in [2.75, 3.05) is 10.7 Å². The number of imidazole rings is 1. The molecule has 1 aliphatic carbocycles. The van der Waals surface area contributed by atoms with E-state index in [-0.39, 0.29) is 5.91 Å². The molecular formula is C20H17N3OS2.